The van der Waals surface area contributed by atoms with Crippen LogP contribution in [0.25, 0.3) is 0 Å². The van der Waals surface area contributed by atoms with Gasteiger partial charge in [-0.25, -0.2) is 0 Å². The molecule has 140 valence electrons. The number of nitrogens with one attached hydrogen (secondary N) is 1. The van der Waals surface area contributed by atoms with Gasteiger partial charge in [0.15, 0.2) is 0 Å². The van der Waals surface area contributed by atoms with Gasteiger partial charge in [-0.3, -0.25) is 9.69 Å². The van der Waals surface area contributed by atoms with Gasteiger partial charge in [-0.15, -0.1) is 11.3 Å². The maximum atomic E-state index is 12.9. The normalized spacial score (nSPS) is 24.0. The Bertz CT molecular complexity index is 717. The van der Waals surface area contributed by atoms with Crippen LogP contribution in [0, 0.1) is 0 Å². The fraction of sp³-hybridized carbons (Fsp3) is 0.526. The van der Waals surface area contributed by atoms with Gasteiger partial charge in [-0.1, -0.05) is 6.07 Å². The van der Waals surface area contributed by atoms with E-state index < -0.39 is 0 Å². The lowest BCUT2D eigenvalue weighted by Gasteiger charge is -2.43. The molecule has 0 saturated carbocycles. The molecule has 1 unspecified atom stereocenters. The maximum absolute atomic E-state index is 12.9. The van der Waals surface area contributed by atoms with Crippen LogP contribution in [0.4, 0.5) is 0 Å². The second kappa shape index (κ2) is 8.17. The number of thioether (sulfide) groups is 1. The predicted molar refractivity (Wildman–Crippen MR) is 107 cm³/mol. The fourth-order valence-electron chi connectivity index (χ4n) is 3.80. The molecule has 2 aromatic rings. The Morgan fingerprint density at radius 2 is 2.15 bits per heavy atom. The van der Waals surface area contributed by atoms with Crippen molar-refractivity contribution in [3.63, 3.8) is 0 Å². The minimum Gasteiger partial charge on any atom is -0.379 e. The van der Waals surface area contributed by atoms with Crippen molar-refractivity contribution in [1.82, 2.24) is 14.8 Å². The van der Waals surface area contributed by atoms with Gasteiger partial charge >= 0.3 is 0 Å². The summed E-state index contributed by atoms with van der Waals surface area (Å²) in [7, 11) is 0. The summed E-state index contributed by atoms with van der Waals surface area (Å²) < 4.78 is 7.55. The van der Waals surface area contributed by atoms with Crippen molar-refractivity contribution in [2.45, 2.75) is 18.5 Å². The first kappa shape index (κ1) is 18.1. The van der Waals surface area contributed by atoms with E-state index in [-0.39, 0.29) is 11.4 Å². The molecule has 7 heteroatoms. The monoisotopic (exact) mass is 391 g/mol. The van der Waals surface area contributed by atoms with E-state index in [1.54, 1.807) is 11.3 Å². The molecule has 2 fully saturated rings. The average molecular weight is 392 g/mol. The van der Waals surface area contributed by atoms with Crippen LogP contribution in [0.1, 0.15) is 21.8 Å². The molecule has 1 N–H and O–H groups in total. The number of thiophene rings is 1. The minimum atomic E-state index is 0.0242. The van der Waals surface area contributed by atoms with Crippen LogP contribution in [0.15, 0.2) is 35.8 Å². The highest BCUT2D eigenvalue weighted by atomic mass is 32.2. The van der Waals surface area contributed by atoms with Crippen molar-refractivity contribution in [1.29, 1.82) is 0 Å². The van der Waals surface area contributed by atoms with E-state index in [0.717, 1.165) is 50.7 Å². The molecular formula is C19H25N3O2S2. The zero-order valence-electron chi connectivity index (χ0n) is 14.9. The van der Waals surface area contributed by atoms with E-state index >= 15 is 0 Å². The number of hydrogen-bond acceptors (Lipinski definition) is 5. The van der Waals surface area contributed by atoms with E-state index in [0.29, 0.717) is 6.54 Å². The highest BCUT2D eigenvalue weighted by molar-refractivity contribution is 7.99. The van der Waals surface area contributed by atoms with Gasteiger partial charge < -0.3 is 14.6 Å². The molecular weight excluding hydrogens is 366 g/mol. The molecule has 2 aliphatic heterocycles. The minimum absolute atomic E-state index is 0.0242. The first-order valence-corrected chi connectivity index (χ1v) is 11.2. The van der Waals surface area contributed by atoms with E-state index in [9.17, 15) is 4.79 Å². The lowest BCUT2D eigenvalue weighted by atomic mass is 9.95. The van der Waals surface area contributed by atoms with Crippen LogP contribution in [0.5, 0.6) is 0 Å². The van der Waals surface area contributed by atoms with Crippen LogP contribution < -0.4 is 5.32 Å². The third-order valence-electron chi connectivity index (χ3n) is 5.31. The lowest BCUT2D eigenvalue weighted by molar-refractivity contribution is -0.0129. The van der Waals surface area contributed by atoms with Gasteiger partial charge in [0.05, 0.1) is 19.8 Å². The van der Waals surface area contributed by atoms with Gasteiger partial charge in [0.25, 0.3) is 5.91 Å². The number of hydrogen-bond donors (Lipinski definition) is 1. The molecule has 26 heavy (non-hydrogen) atoms. The molecule has 2 saturated heterocycles. The molecule has 1 atom stereocenters. The summed E-state index contributed by atoms with van der Waals surface area (Å²) in [6, 6.07) is 8.02. The molecule has 0 aromatic carbocycles. The smallest absolute Gasteiger partial charge is 0.267 e. The summed E-state index contributed by atoms with van der Waals surface area (Å²) in [5, 5.41) is 5.30. The molecule has 0 spiro atoms. The molecule has 1 amide bonds. The van der Waals surface area contributed by atoms with Crippen LogP contribution in [0.3, 0.4) is 0 Å². The molecule has 4 rings (SSSR count). The number of amides is 1. The first-order chi connectivity index (χ1) is 12.8. The van der Waals surface area contributed by atoms with Crippen LogP contribution in [-0.2, 0) is 11.3 Å². The van der Waals surface area contributed by atoms with Crippen molar-refractivity contribution in [3.05, 3.63) is 46.4 Å². The van der Waals surface area contributed by atoms with Crippen molar-refractivity contribution >= 4 is 29.0 Å². The Morgan fingerprint density at radius 1 is 1.27 bits per heavy atom. The molecule has 4 heterocycles. The van der Waals surface area contributed by atoms with E-state index in [2.05, 4.69) is 21.7 Å². The van der Waals surface area contributed by atoms with Gasteiger partial charge in [-0.2, -0.15) is 11.8 Å². The molecule has 0 aliphatic carbocycles. The van der Waals surface area contributed by atoms with E-state index in [1.165, 1.54) is 10.6 Å². The highest BCUT2D eigenvalue weighted by Gasteiger charge is 2.41. The Labute approximate surface area is 162 Å². The van der Waals surface area contributed by atoms with Gasteiger partial charge in [-0.05, 0) is 35.8 Å². The Balaban J connectivity index is 1.42. The van der Waals surface area contributed by atoms with Crippen LogP contribution in [0.2, 0.25) is 0 Å². The molecule has 2 aliphatic rings. The molecule has 5 nitrogen and oxygen atoms in total. The van der Waals surface area contributed by atoms with Crippen molar-refractivity contribution in [3.8, 4) is 0 Å². The van der Waals surface area contributed by atoms with Crippen LogP contribution in [-0.4, -0.2) is 65.3 Å². The number of rotatable bonds is 6. The highest BCUT2D eigenvalue weighted by Crippen LogP contribution is 2.33. The zero-order chi connectivity index (χ0) is 17.8. The Morgan fingerprint density at radius 3 is 2.88 bits per heavy atom. The van der Waals surface area contributed by atoms with Crippen molar-refractivity contribution in [2.24, 2.45) is 0 Å². The fourth-order valence-corrected chi connectivity index (χ4v) is 5.98. The van der Waals surface area contributed by atoms with Crippen LogP contribution >= 0.6 is 23.1 Å². The van der Waals surface area contributed by atoms with Gasteiger partial charge in [0, 0.05) is 42.0 Å². The van der Waals surface area contributed by atoms with E-state index in [4.69, 9.17) is 4.74 Å². The summed E-state index contributed by atoms with van der Waals surface area (Å²) >= 11 is 3.71. The number of morpholine rings is 1. The summed E-state index contributed by atoms with van der Waals surface area (Å²) in [4.78, 5) is 16.6. The molecule has 0 radical (unpaired) electrons. The topological polar surface area (TPSA) is 46.5 Å². The second-order valence-electron chi connectivity index (χ2n) is 6.91. The number of ether oxygens (including phenoxy) is 1. The van der Waals surface area contributed by atoms with Crippen molar-refractivity contribution in [2.75, 3.05) is 44.4 Å². The SMILES string of the molecule is O=C(NCC1(N2CCOCC2)CCSC1)c1cccn1Cc1cccs1. The number of aromatic nitrogens is 1. The second-order valence-corrected chi connectivity index (χ2v) is 9.05. The number of nitrogens with zero attached hydrogens (tertiary/aromatic N) is 2. The number of carbonyl (C=O) groups is 1. The molecule has 2 aromatic heterocycles. The maximum Gasteiger partial charge on any atom is 0.267 e. The first-order valence-electron chi connectivity index (χ1n) is 9.13. The average Bonchev–Trinajstić information content (AvgIpc) is 3.43. The molecule has 0 bridgehead atoms. The summed E-state index contributed by atoms with van der Waals surface area (Å²) in [5.74, 6) is 2.28. The number of carbonyl (C=O) groups excluding carboxylic acids is 1. The third kappa shape index (κ3) is 3.86. The lowest BCUT2D eigenvalue weighted by Crippen LogP contribution is -2.59. The predicted octanol–water partition coefficient (Wildman–Crippen LogP) is 2.54. The zero-order valence-corrected chi connectivity index (χ0v) is 16.5. The van der Waals surface area contributed by atoms with E-state index in [1.807, 2.05) is 40.7 Å². The summed E-state index contributed by atoms with van der Waals surface area (Å²) in [5.41, 5.74) is 0.816. The Kier molecular flexibility index (Phi) is 5.69. The standard InChI is InChI=1S/C19H25N3O2S2/c23-18(17-4-1-6-21(17)13-16-3-2-11-26-16)20-14-19(5-12-25-15-19)22-7-9-24-10-8-22/h1-4,6,11H,5,7-10,12-15H2,(H,20,23). The quantitative estimate of drug-likeness (QED) is 0.822. The van der Waals surface area contributed by atoms with Gasteiger partial charge in [0.1, 0.15) is 5.69 Å². The van der Waals surface area contributed by atoms with Crippen molar-refractivity contribution < 1.29 is 9.53 Å². The Hall–Kier alpha value is -1.28. The summed E-state index contributed by atoms with van der Waals surface area (Å²) in [6.45, 7) is 4.98. The largest absolute Gasteiger partial charge is 0.379 e. The summed E-state index contributed by atoms with van der Waals surface area (Å²) in [6.07, 6.45) is 3.12. The van der Waals surface area contributed by atoms with Gasteiger partial charge in [0.2, 0.25) is 0 Å². The third-order valence-corrected chi connectivity index (χ3v) is 7.41.